The summed E-state index contributed by atoms with van der Waals surface area (Å²) in [6, 6.07) is 0. The topological polar surface area (TPSA) is 55.8 Å². The van der Waals surface area contributed by atoms with Crippen LogP contribution < -0.4 is 0 Å². The maximum absolute atomic E-state index is 11.5. The van der Waals surface area contributed by atoms with Gasteiger partial charge in [0.1, 0.15) is 5.70 Å². The number of likely N-dealkylation sites (N-methyl/N-ethyl adjacent to an activating group) is 1. The Hall–Kier alpha value is -1.52. The second kappa shape index (κ2) is 8.61. The van der Waals surface area contributed by atoms with Gasteiger partial charge >= 0.3 is 12.1 Å². The minimum atomic E-state index is -0.555. The van der Waals surface area contributed by atoms with Gasteiger partial charge in [0, 0.05) is 7.05 Å². The molecule has 0 radical (unpaired) electrons. The molecule has 0 aliphatic carbocycles. The fourth-order valence-corrected chi connectivity index (χ4v) is 1.22. The van der Waals surface area contributed by atoms with Crippen molar-refractivity contribution in [2.24, 2.45) is 0 Å². The van der Waals surface area contributed by atoms with E-state index in [0.717, 1.165) is 19.3 Å². The zero-order valence-electron chi connectivity index (χ0n) is 11.0. The van der Waals surface area contributed by atoms with Crippen LogP contribution in [0.4, 0.5) is 4.79 Å². The van der Waals surface area contributed by atoms with Gasteiger partial charge in [0.2, 0.25) is 0 Å². The van der Waals surface area contributed by atoms with Crippen LogP contribution in [0.5, 0.6) is 0 Å². The minimum absolute atomic E-state index is 0.222. The molecule has 0 spiro atoms. The van der Waals surface area contributed by atoms with E-state index in [1.807, 2.05) is 0 Å². The highest BCUT2D eigenvalue weighted by atomic mass is 16.6. The van der Waals surface area contributed by atoms with E-state index in [-0.39, 0.29) is 12.3 Å². The summed E-state index contributed by atoms with van der Waals surface area (Å²) >= 11 is 0. The summed E-state index contributed by atoms with van der Waals surface area (Å²) in [6.45, 7) is 4.04. The highest BCUT2D eigenvalue weighted by molar-refractivity contribution is 5.92. The summed E-state index contributed by atoms with van der Waals surface area (Å²) in [7, 11) is 2.78. The average Bonchev–Trinajstić information content (AvgIpc) is 2.33. The van der Waals surface area contributed by atoms with Crippen molar-refractivity contribution in [1.82, 2.24) is 4.90 Å². The van der Waals surface area contributed by atoms with Gasteiger partial charge < -0.3 is 9.47 Å². The van der Waals surface area contributed by atoms with E-state index >= 15 is 0 Å². The summed E-state index contributed by atoms with van der Waals surface area (Å²) < 4.78 is 9.46. The van der Waals surface area contributed by atoms with E-state index in [9.17, 15) is 9.59 Å². The van der Waals surface area contributed by atoms with E-state index in [0.29, 0.717) is 0 Å². The molecule has 0 atom stereocenters. The predicted molar refractivity (Wildman–Crippen MR) is 64.4 cm³/mol. The largest absolute Gasteiger partial charge is 0.464 e. The number of nitrogens with zero attached hydrogens (tertiary/aromatic N) is 1. The van der Waals surface area contributed by atoms with Crippen molar-refractivity contribution in [2.45, 2.75) is 33.1 Å². The Labute approximate surface area is 102 Å². The summed E-state index contributed by atoms with van der Waals surface area (Å²) in [4.78, 5) is 24.2. The molecule has 17 heavy (non-hydrogen) atoms. The molecule has 5 heteroatoms. The highest BCUT2D eigenvalue weighted by Gasteiger charge is 2.20. The minimum Gasteiger partial charge on any atom is -0.464 e. The van der Waals surface area contributed by atoms with Crippen LogP contribution in [-0.4, -0.2) is 37.7 Å². The molecular weight excluding hydrogens is 222 g/mol. The quantitative estimate of drug-likeness (QED) is 0.408. The van der Waals surface area contributed by atoms with Gasteiger partial charge in [-0.2, -0.15) is 0 Å². The normalized spacial score (nSPS) is 10.9. The van der Waals surface area contributed by atoms with Gasteiger partial charge in [0.15, 0.2) is 0 Å². The maximum atomic E-state index is 11.5. The molecule has 0 unspecified atom stereocenters. The fraction of sp³-hybridized carbons (Fsp3) is 0.667. The first-order valence-electron chi connectivity index (χ1n) is 5.77. The van der Waals surface area contributed by atoms with E-state index in [1.54, 1.807) is 13.0 Å². The molecule has 0 aliphatic heterocycles. The smallest absolute Gasteiger partial charge is 0.414 e. The molecule has 0 aromatic heterocycles. The van der Waals surface area contributed by atoms with Crippen molar-refractivity contribution in [2.75, 3.05) is 20.8 Å². The number of hydrogen-bond donors (Lipinski definition) is 0. The van der Waals surface area contributed by atoms with Crippen LogP contribution in [-0.2, 0) is 14.3 Å². The van der Waals surface area contributed by atoms with Crippen LogP contribution in [0.1, 0.15) is 33.1 Å². The van der Waals surface area contributed by atoms with Crippen LogP contribution in [0.3, 0.4) is 0 Å². The third-order valence-electron chi connectivity index (χ3n) is 2.19. The molecule has 1 amide bonds. The summed E-state index contributed by atoms with van der Waals surface area (Å²) in [5.41, 5.74) is 0.222. The highest BCUT2D eigenvalue weighted by Crippen LogP contribution is 2.09. The number of carbonyl (C=O) groups is 2. The van der Waals surface area contributed by atoms with Crippen LogP contribution in [0.15, 0.2) is 11.8 Å². The maximum Gasteiger partial charge on any atom is 0.414 e. The molecule has 0 N–H and O–H groups in total. The van der Waals surface area contributed by atoms with Gasteiger partial charge in [-0.3, -0.25) is 4.90 Å². The first-order valence-corrected chi connectivity index (χ1v) is 5.77. The second-order valence-corrected chi connectivity index (χ2v) is 3.48. The number of amides is 1. The molecule has 0 saturated carbocycles. The lowest BCUT2D eigenvalue weighted by molar-refractivity contribution is -0.137. The Bertz CT molecular complexity index is 286. The van der Waals surface area contributed by atoms with Gasteiger partial charge in [0.25, 0.3) is 0 Å². The van der Waals surface area contributed by atoms with Crippen LogP contribution in [0.2, 0.25) is 0 Å². The molecular formula is C12H21NO4. The number of ether oxygens (including phenoxy) is 2. The van der Waals surface area contributed by atoms with Crippen LogP contribution in [0, 0.1) is 0 Å². The van der Waals surface area contributed by atoms with Gasteiger partial charge in [-0.1, -0.05) is 19.4 Å². The molecule has 5 nitrogen and oxygen atoms in total. The van der Waals surface area contributed by atoms with Gasteiger partial charge in [-0.05, 0) is 19.8 Å². The van der Waals surface area contributed by atoms with Gasteiger partial charge in [-0.15, -0.1) is 0 Å². The summed E-state index contributed by atoms with van der Waals surface area (Å²) in [6.07, 6.45) is 3.85. The number of rotatable bonds is 6. The zero-order valence-corrected chi connectivity index (χ0v) is 11.0. The summed E-state index contributed by atoms with van der Waals surface area (Å²) in [5.74, 6) is -0.531. The van der Waals surface area contributed by atoms with Crippen molar-refractivity contribution in [3.05, 3.63) is 11.8 Å². The number of methoxy groups -OCH3 is 1. The monoisotopic (exact) mass is 243 g/mol. The predicted octanol–water partition coefficient (Wildman–Crippen LogP) is 2.32. The molecule has 0 saturated heterocycles. The Morgan fingerprint density at radius 2 is 1.94 bits per heavy atom. The van der Waals surface area contributed by atoms with Crippen LogP contribution in [0.25, 0.3) is 0 Å². The second-order valence-electron chi connectivity index (χ2n) is 3.48. The van der Waals surface area contributed by atoms with Crippen molar-refractivity contribution in [3.63, 3.8) is 0 Å². The van der Waals surface area contributed by atoms with Crippen molar-refractivity contribution < 1.29 is 19.1 Å². The van der Waals surface area contributed by atoms with Crippen molar-refractivity contribution in [1.29, 1.82) is 0 Å². The lowest BCUT2D eigenvalue weighted by Gasteiger charge is -2.18. The van der Waals surface area contributed by atoms with Crippen molar-refractivity contribution in [3.8, 4) is 0 Å². The number of allylic oxidation sites excluding steroid dienone is 1. The van der Waals surface area contributed by atoms with E-state index in [4.69, 9.17) is 4.74 Å². The SMILES string of the molecule is CCCC/C=C(/C(=O)OC)N(C)C(=O)OCC. The van der Waals surface area contributed by atoms with E-state index in [2.05, 4.69) is 11.7 Å². The van der Waals surface area contributed by atoms with E-state index in [1.165, 1.54) is 19.1 Å². The number of carbonyl (C=O) groups excluding carboxylic acids is 2. The molecule has 0 bridgehead atoms. The van der Waals surface area contributed by atoms with Crippen molar-refractivity contribution >= 4 is 12.1 Å². The lowest BCUT2D eigenvalue weighted by Crippen LogP contribution is -2.31. The van der Waals surface area contributed by atoms with E-state index < -0.39 is 12.1 Å². The van der Waals surface area contributed by atoms with Gasteiger partial charge in [0.05, 0.1) is 13.7 Å². The molecule has 0 heterocycles. The summed E-state index contributed by atoms with van der Waals surface area (Å²) in [5, 5.41) is 0. The Kier molecular flexibility index (Phi) is 7.84. The van der Waals surface area contributed by atoms with Crippen LogP contribution >= 0.6 is 0 Å². The third-order valence-corrected chi connectivity index (χ3v) is 2.19. The molecule has 0 aliphatic rings. The first kappa shape index (κ1) is 15.5. The zero-order chi connectivity index (χ0) is 13.3. The number of hydrogen-bond acceptors (Lipinski definition) is 4. The lowest BCUT2D eigenvalue weighted by atomic mass is 10.2. The third kappa shape index (κ3) is 5.38. The average molecular weight is 243 g/mol. The number of esters is 1. The molecule has 98 valence electrons. The Morgan fingerprint density at radius 3 is 2.41 bits per heavy atom. The molecule has 0 aromatic rings. The molecule has 0 aromatic carbocycles. The molecule has 0 rings (SSSR count). The first-order chi connectivity index (χ1) is 8.08. The standard InChI is InChI=1S/C12H21NO4/c1-5-7-8-9-10(11(14)16-4)13(3)12(15)17-6-2/h9H,5-8H2,1-4H3/b10-9-. The fourth-order valence-electron chi connectivity index (χ4n) is 1.22. The van der Waals surface area contributed by atoms with Gasteiger partial charge in [-0.25, -0.2) is 9.59 Å². The Balaban J connectivity index is 4.72. The number of unbranched alkanes of at least 4 members (excludes halogenated alkanes) is 2. The molecule has 0 fully saturated rings. The Morgan fingerprint density at radius 1 is 1.29 bits per heavy atom.